The number of carbonyl (C=O) groups is 1. The minimum Gasteiger partial charge on any atom is -0.497 e. The first-order chi connectivity index (χ1) is 15.4. The second kappa shape index (κ2) is 9.15. The van der Waals surface area contributed by atoms with Crippen LogP contribution in [0.3, 0.4) is 0 Å². The van der Waals surface area contributed by atoms with Crippen LogP contribution in [-0.4, -0.2) is 43.8 Å². The number of anilines is 1. The van der Waals surface area contributed by atoms with Crippen molar-refractivity contribution in [2.24, 2.45) is 0 Å². The molecule has 2 heterocycles. The molecule has 2 aromatic carbocycles. The predicted octanol–water partition coefficient (Wildman–Crippen LogP) is 3.41. The van der Waals surface area contributed by atoms with Gasteiger partial charge in [-0.15, -0.1) is 10.2 Å². The number of nitrogens with one attached hydrogen (secondary N) is 2. The van der Waals surface area contributed by atoms with Crippen molar-refractivity contribution in [3.63, 3.8) is 0 Å². The Morgan fingerprint density at radius 3 is 2.69 bits per heavy atom. The fourth-order valence-electron chi connectivity index (χ4n) is 3.09. The number of amides is 1. The summed E-state index contributed by atoms with van der Waals surface area (Å²) in [6.07, 6.45) is 0. The van der Waals surface area contributed by atoms with E-state index in [-0.39, 0.29) is 11.7 Å². The third-order valence-electron chi connectivity index (χ3n) is 4.87. The highest BCUT2D eigenvalue weighted by atomic mass is 32.2. The van der Waals surface area contributed by atoms with Crippen LogP contribution in [0.1, 0.15) is 11.1 Å². The van der Waals surface area contributed by atoms with E-state index in [0.717, 1.165) is 33.8 Å². The number of hydrogen-bond donors (Lipinski definition) is 3. The highest BCUT2D eigenvalue weighted by Gasteiger charge is 2.16. The topological polar surface area (TPSA) is 124 Å². The number of carbonyl (C=O) groups excluding carboxylic acids is 1. The number of nitrogen functional groups attached to an aromatic ring is 1. The zero-order valence-electron chi connectivity index (χ0n) is 17.9. The minimum absolute atomic E-state index is 0.142. The van der Waals surface area contributed by atoms with Gasteiger partial charge in [0.15, 0.2) is 0 Å². The van der Waals surface area contributed by atoms with Gasteiger partial charge in [-0.2, -0.15) is 5.10 Å². The molecule has 0 bridgehead atoms. The maximum atomic E-state index is 12.4. The molecular formula is C22H23N7O2S. The van der Waals surface area contributed by atoms with E-state index in [1.165, 1.54) is 16.4 Å². The van der Waals surface area contributed by atoms with Gasteiger partial charge in [-0.25, -0.2) is 4.68 Å². The van der Waals surface area contributed by atoms with E-state index in [4.69, 9.17) is 10.6 Å². The standard InChI is InChI=1S/C22H23N7O2S/c1-13-4-5-14(2)17(10-13)24-20(30)12-32-22-28-27-21(29(22)23)19-11-18(25-26-19)15-6-8-16(31-3)9-7-15/h4-11H,12,23H2,1-3H3,(H,24,30)(H,25,26). The van der Waals surface area contributed by atoms with E-state index in [1.807, 2.05) is 62.4 Å². The molecule has 164 valence electrons. The largest absolute Gasteiger partial charge is 0.497 e. The molecule has 1 amide bonds. The van der Waals surface area contributed by atoms with Crippen LogP contribution >= 0.6 is 11.8 Å². The molecule has 0 aliphatic carbocycles. The summed E-state index contributed by atoms with van der Waals surface area (Å²) in [5.74, 6) is 7.39. The summed E-state index contributed by atoms with van der Waals surface area (Å²) < 4.78 is 6.53. The average molecular weight is 450 g/mol. The van der Waals surface area contributed by atoms with Crippen molar-refractivity contribution in [3.05, 3.63) is 59.7 Å². The van der Waals surface area contributed by atoms with E-state index in [2.05, 4.69) is 25.7 Å². The van der Waals surface area contributed by atoms with Crippen molar-refractivity contribution >= 4 is 23.4 Å². The van der Waals surface area contributed by atoms with Crippen molar-refractivity contribution in [3.8, 4) is 28.5 Å². The average Bonchev–Trinajstić information content (AvgIpc) is 3.42. The Bertz CT molecular complexity index is 1250. The molecule has 10 heteroatoms. The van der Waals surface area contributed by atoms with E-state index in [9.17, 15) is 4.79 Å². The second-order valence-corrected chi connectivity index (χ2v) is 8.17. The van der Waals surface area contributed by atoms with Crippen molar-refractivity contribution in [2.75, 3.05) is 24.0 Å². The fourth-order valence-corrected chi connectivity index (χ4v) is 3.75. The summed E-state index contributed by atoms with van der Waals surface area (Å²) in [7, 11) is 1.62. The molecule has 0 aliphatic heterocycles. The van der Waals surface area contributed by atoms with Crippen molar-refractivity contribution in [1.82, 2.24) is 25.1 Å². The molecule has 0 unspecified atom stereocenters. The Kier molecular flexibility index (Phi) is 6.13. The lowest BCUT2D eigenvalue weighted by atomic mass is 10.1. The number of aryl methyl sites for hydroxylation is 2. The van der Waals surface area contributed by atoms with Gasteiger partial charge in [0.2, 0.25) is 16.9 Å². The number of benzene rings is 2. The molecular weight excluding hydrogens is 426 g/mol. The number of methoxy groups -OCH3 is 1. The van der Waals surface area contributed by atoms with Crippen LogP contribution in [0, 0.1) is 13.8 Å². The van der Waals surface area contributed by atoms with Gasteiger partial charge in [-0.3, -0.25) is 9.89 Å². The normalized spacial score (nSPS) is 10.8. The second-order valence-electron chi connectivity index (χ2n) is 7.23. The van der Waals surface area contributed by atoms with Crippen molar-refractivity contribution in [2.45, 2.75) is 19.0 Å². The van der Waals surface area contributed by atoms with Crippen LogP contribution in [-0.2, 0) is 4.79 Å². The summed E-state index contributed by atoms with van der Waals surface area (Å²) in [5, 5.41) is 18.9. The van der Waals surface area contributed by atoms with Gasteiger partial charge in [-0.1, -0.05) is 23.9 Å². The van der Waals surface area contributed by atoms with Gasteiger partial charge < -0.3 is 15.9 Å². The highest BCUT2D eigenvalue weighted by Crippen LogP contribution is 2.26. The molecule has 0 radical (unpaired) electrons. The lowest BCUT2D eigenvalue weighted by Crippen LogP contribution is -2.17. The number of rotatable bonds is 7. The van der Waals surface area contributed by atoms with Crippen LogP contribution in [0.5, 0.6) is 5.75 Å². The van der Waals surface area contributed by atoms with Crippen LogP contribution in [0.15, 0.2) is 53.7 Å². The Morgan fingerprint density at radius 1 is 1.16 bits per heavy atom. The van der Waals surface area contributed by atoms with E-state index < -0.39 is 0 Å². The van der Waals surface area contributed by atoms with Gasteiger partial charge >= 0.3 is 0 Å². The molecule has 0 saturated heterocycles. The van der Waals surface area contributed by atoms with Crippen molar-refractivity contribution < 1.29 is 9.53 Å². The molecule has 4 aromatic rings. The summed E-state index contributed by atoms with van der Waals surface area (Å²) in [4.78, 5) is 12.4. The van der Waals surface area contributed by atoms with Gasteiger partial charge in [0, 0.05) is 11.3 Å². The van der Waals surface area contributed by atoms with Gasteiger partial charge in [0.05, 0.1) is 18.6 Å². The number of ether oxygens (including phenoxy) is 1. The maximum Gasteiger partial charge on any atom is 0.234 e. The van der Waals surface area contributed by atoms with Crippen LogP contribution < -0.4 is 15.9 Å². The first-order valence-corrected chi connectivity index (χ1v) is 10.8. The molecule has 0 spiro atoms. The quantitative estimate of drug-likeness (QED) is 0.292. The highest BCUT2D eigenvalue weighted by molar-refractivity contribution is 7.99. The van der Waals surface area contributed by atoms with Gasteiger partial charge in [0.25, 0.3) is 0 Å². The molecule has 4 N–H and O–H groups in total. The lowest BCUT2D eigenvalue weighted by molar-refractivity contribution is -0.113. The van der Waals surface area contributed by atoms with E-state index in [1.54, 1.807) is 7.11 Å². The zero-order valence-corrected chi connectivity index (χ0v) is 18.7. The van der Waals surface area contributed by atoms with E-state index >= 15 is 0 Å². The van der Waals surface area contributed by atoms with Crippen LogP contribution in [0.25, 0.3) is 22.8 Å². The SMILES string of the molecule is COc1ccc(-c2cc(-c3nnc(SCC(=O)Nc4cc(C)ccc4C)n3N)[nH]n2)cc1. The first kappa shape index (κ1) is 21.4. The molecule has 0 atom stereocenters. The Morgan fingerprint density at radius 2 is 1.94 bits per heavy atom. The summed E-state index contributed by atoms with van der Waals surface area (Å²) >= 11 is 1.21. The summed E-state index contributed by atoms with van der Waals surface area (Å²) in [6, 6.07) is 15.3. The number of H-pyrrole nitrogens is 1. The number of nitrogens with zero attached hydrogens (tertiary/aromatic N) is 4. The third-order valence-corrected chi connectivity index (χ3v) is 5.81. The number of hydrogen-bond acceptors (Lipinski definition) is 7. The Hall–Kier alpha value is -3.79. The van der Waals surface area contributed by atoms with Crippen LogP contribution in [0.2, 0.25) is 0 Å². The molecule has 4 rings (SSSR count). The number of aromatic amines is 1. The predicted molar refractivity (Wildman–Crippen MR) is 125 cm³/mol. The lowest BCUT2D eigenvalue weighted by Gasteiger charge is -2.09. The fraction of sp³-hybridized carbons (Fsp3) is 0.182. The molecule has 0 aliphatic rings. The van der Waals surface area contributed by atoms with Gasteiger partial charge in [-0.05, 0) is 61.4 Å². The number of thioether (sulfide) groups is 1. The molecule has 0 saturated carbocycles. The minimum atomic E-state index is -0.142. The Balaban J connectivity index is 1.43. The number of nitrogens with two attached hydrogens (primary N) is 1. The smallest absolute Gasteiger partial charge is 0.234 e. The monoisotopic (exact) mass is 449 g/mol. The van der Waals surface area contributed by atoms with Crippen LogP contribution in [0.4, 0.5) is 5.69 Å². The zero-order chi connectivity index (χ0) is 22.7. The first-order valence-electron chi connectivity index (χ1n) is 9.85. The third kappa shape index (κ3) is 4.59. The summed E-state index contributed by atoms with van der Waals surface area (Å²) in [6.45, 7) is 3.94. The van der Waals surface area contributed by atoms with Gasteiger partial charge in [0.1, 0.15) is 11.4 Å². The summed E-state index contributed by atoms with van der Waals surface area (Å²) in [5.41, 5.74) is 5.18. The molecule has 9 nitrogen and oxygen atoms in total. The van der Waals surface area contributed by atoms with Crippen molar-refractivity contribution in [1.29, 1.82) is 0 Å². The Labute approximate surface area is 189 Å². The molecule has 2 aromatic heterocycles. The number of aromatic nitrogens is 5. The van der Waals surface area contributed by atoms with E-state index in [0.29, 0.717) is 16.7 Å². The molecule has 32 heavy (non-hydrogen) atoms. The maximum absolute atomic E-state index is 12.4. The molecule has 0 fully saturated rings.